The zero-order valence-electron chi connectivity index (χ0n) is 14.0. The van der Waals surface area contributed by atoms with Gasteiger partial charge in [0.05, 0.1) is 11.4 Å². The summed E-state index contributed by atoms with van der Waals surface area (Å²) >= 11 is 0. The fourth-order valence-electron chi connectivity index (χ4n) is 3.62. The number of carbonyl (C=O) groups excluding carboxylic acids is 2. The minimum atomic E-state index is -0.137. The molecule has 5 nitrogen and oxygen atoms in total. The Morgan fingerprint density at radius 1 is 1.16 bits per heavy atom. The summed E-state index contributed by atoms with van der Waals surface area (Å²) in [6.45, 7) is 1.38. The van der Waals surface area contributed by atoms with Crippen molar-refractivity contribution in [3.63, 3.8) is 0 Å². The molecule has 25 heavy (non-hydrogen) atoms. The van der Waals surface area contributed by atoms with Crippen LogP contribution in [0.5, 0.6) is 0 Å². The maximum atomic E-state index is 12.4. The first-order valence-electron chi connectivity index (χ1n) is 8.76. The van der Waals surface area contributed by atoms with Gasteiger partial charge < -0.3 is 15.5 Å². The molecule has 2 amide bonds. The Balaban J connectivity index is 1.52. The van der Waals surface area contributed by atoms with Crippen LogP contribution >= 0.6 is 0 Å². The Labute approximate surface area is 147 Å². The molecule has 2 aromatic rings. The number of anilines is 2. The lowest BCUT2D eigenvalue weighted by atomic mass is 9.97. The monoisotopic (exact) mass is 335 g/mol. The van der Waals surface area contributed by atoms with Gasteiger partial charge in [0.25, 0.3) is 5.91 Å². The quantitative estimate of drug-likeness (QED) is 0.907. The zero-order valence-corrected chi connectivity index (χ0v) is 14.0. The molecule has 1 unspecified atom stereocenters. The van der Waals surface area contributed by atoms with Crippen LogP contribution in [0.3, 0.4) is 0 Å². The van der Waals surface area contributed by atoms with Crippen LogP contribution < -0.4 is 15.5 Å². The first-order chi connectivity index (χ1) is 12.2. The van der Waals surface area contributed by atoms with Crippen LogP contribution in [0.1, 0.15) is 35.2 Å². The van der Waals surface area contributed by atoms with E-state index in [0.717, 1.165) is 42.7 Å². The van der Waals surface area contributed by atoms with Crippen molar-refractivity contribution in [1.29, 1.82) is 0 Å². The number of carbonyl (C=O) groups is 2. The summed E-state index contributed by atoms with van der Waals surface area (Å²) in [6, 6.07) is 15.3. The van der Waals surface area contributed by atoms with E-state index in [-0.39, 0.29) is 17.9 Å². The second-order valence-electron chi connectivity index (χ2n) is 6.59. The predicted octanol–water partition coefficient (Wildman–Crippen LogP) is 2.93. The van der Waals surface area contributed by atoms with E-state index in [0.29, 0.717) is 12.1 Å². The number of fused-ring (bicyclic) bond motifs is 3. The molecule has 2 aliphatic rings. The van der Waals surface area contributed by atoms with E-state index in [9.17, 15) is 9.59 Å². The summed E-state index contributed by atoms with van der Waals surface area (Å²) in [7, 11) is 0. The fraction of sp³-hybridized carbons (Fsp3) is 0.300. The van der Waals surface area contributed by atoms with Gasteiger partial charge in [-0.3, -0.25) is 9.59 Å². The van der Waals surface area contributed by atoms with E-state index in [1.807, 2.05) is 42.5 Å². The summed E-state index contributed by atoms with van der Waals surface area (Å²) < 4.78 is 0. The van der Waals surface area contributed by atoms with Crippen LogP contribution in [0, 0.1) is 0 Å². The third-order valence-electron chi connectivity index (χ3n) is 4.93. The van der Waals surface area contributed by atoms with Gasteiger partial charge >= 0.3 is 0 Å². The molecule has 0 aliphatic carbocycles. The minimum absolute atomic E-state index is 0.0362. The molecule has 2 aliphatic heterocycles. The van der Waals surface area contributed by atoms with E-state index in [4.69, 9.17) is 0 Å². The van der Waals surface area contributed by atoms with Crippen LogP contribution in [-0.4, -0.2) is 24.4 Å². The smallest absolute Gasteiger partial charge is 0.251 e. The zero-order chi connectivity index (χ0) is 17.2. The molecule has 2 heterocycles. The van der Waals surface area contributed by atoms with Gasteiger partial charge in [-0.15, -0.1) is 0 Å². The Morgan fingerprint density at radius 2 is 2.00 bits per heavy atom. The Morgan fingerprint density at radius 3 is 2.84 bits per heavy atom. The van der Waals surface area contributed by atoms with Crippen molar-refractivity contribution in [3.8, 4) is 0 Å². The average Bonchev–Trinajstić information content (AvgIpc) is 2.67. The van der Waals surface area contributed by atoms with Gasteiger partial charge in [0.1, 0.15) is 6.04 Å². The van der Waals surface area contributed by atoms with Crippen molar-refractivity contribution in [2.45, 2.75) is 31.8 Å². The predicted molar refractivity (Wildman–Crippen MR) is 97.7 cm³/mol. The van der Waals surface area contributed by atoms with Crippen molar-refractivity contribution >= 4 is 23.2 Å². The number of hydrogen-bond donors (Lipinski definition) is 2. The number of nitrogens with zero attached hydrogens (tertiary/aromatic N) is 1. The van der Waals surface area contributed by atoms with Gasteiger partial charge in [0.15, 0.2) is 0 Å². The Hall–Kier alpha value is -2.82. The van der Waals surface area contributed by atoms with Crippen LogP contribution in [0.2, 0.25) is 0 Å². The molecule has 1 atom stereocenters. The van der Waals surface area contributed by atoms with E-state index < -0.39 is 0 Å². The summed E-state index contributed by atoms with van der Waals surface area (Å²) in [5, 5.41) is 5.89. The first-order valence-corrected chi connectivity index (χ1v) is 8.76. The summed E-state index contributed by atoms with van der Waals surface area (Å²) in [6.07, 6.45) is 3.08. The fourth-order valence-corrected chi connectivity index (χ4v) is 3.62. The second kappa shape index (κ2) is 6.59. The highest BCUT2D eigenvalue weighted by atomic mass is 16.2. The van der Waals surface area contributed by atoms with E-state index in [1.54, 1.807) is 6.07 Å². The number of piperidine rings is 1. The second-order valence-corrected chi connectivity index (χ2v) is 6.59. The molecule has 2 aromatic carbocycles. The highest BCUT2D eigenvalue weighted by molar-refractivity contribution is 6.05. The van der Waals surface area contributed by atoms with E-state index in [2.05, 4.69) is 15.5 Å². The maximum Gasteiger partial charge on any atom is 0.251 e. The number of benzene rings is 2. The molecule has 0 saturated carbocycles. The van der Waals surface area contributed by atoms with Crippen LogP contribution in [0.4, 0.5) is 11.4 Å². The van der Waals surface area contributed by atoms with Gasteiger partial charge in [-0.25, -0.2) is 0 Å². The van der Waals surface area contributed by atoms with E-state index in [1.165, 1.54) is 0 Å². The molecule has 128 valence electrons. The van der Waals surface area contributed by atoms with Gasteiger partial charge in [-0.05, 0) is 43.0 Å². The average molecular weight is 335 g/mol. The van der Waals surface area contributed by atoms with Crippen molar-refractivity contribution < 1.29 is 9.59 Å². The number of rotatable bonds is 3. The molecular formula is C20H21N3O2. The number of amides is 2. The lowest BCUT2D eigenvalue weighted by molar-refractivity contribution is -0.118. The van der Waals surface area contributed by atoms with E-state index >= 15 is 0 Å². The lowest BCUT2D eigenvalue weighted by Gasteiger charge is -2.41. The van der Waals surface area contributed by atoms with Crippen LogP contribution in [-0.2, 0) is 11.3 Å². The van der Waals surface area contributed by atoms with Gasteiger partial charge in [0.2, 0.25) is 5.91 Å². The van der Waals surface area contributed by atoms with Gasteiger partial charge in [0, 0.05) is 18.7 Å². The number of hydrogen-bond acceptors (Lipinski definition) is 3. The number of nitrogens with one attached hydrogen (secondary N) is 2. The summed E-state index contributed by atoms with van der Waals surface area (Å²) in [5.41, 5.74) is 3.36. The molecule has 0 radical (unpaired) electrons. The highest BCUT2D eigenvalue weighted by Gasteiger charge is 2.34. The topological polar surface area (TPSA) is 61.4 Å². The molecule has 0 aromatic heterocycles. The summed E-state index contributed by atoms with van der Waals surface area (Å²) in [4.78, 5) is 26.9. The van der Waals surface area contributed by atoms with Crippen molar-refractivity contribution in [2.24, 2.45) is 0 Å². The normalized spacial score (nSPS) is 18.8. The standard InChI is InChI=1S/C20H21N3O2/c24-19(21-13-14-6-2-1-3-7-14)15-9-10-17-16(12-15)22-20(25)18-8-4-5-11-23(17)18/h1-3,6-7,9-10,12,18H,4-5,8,11,13H2,(H,21,24)(H,22,25). The maximum absolute atomic E-state index is 12.4. The largest absolute Gasteiger partial charge is 0.358 e. The Kier molecular flexibility index (Phi) is 4.14. The molecule has 0 spiro atoms. The lowest BCUT2D eigenvalue weighted by Crippen LogP contribution is -2.50. The first kappa shape index (κ1) is 15.7. The SMILES string of the molecule is O=C(NCc1ccccc1)c1ccc2c(c1)NC(=O)C1CCCCN21. The molecule has 0 bridgehead atoms. The minimum Gasteiger partial charge on any atom is -0.358 e. The van der Waals surface area contributed by atoms with Gasteiger partial charge in [-0.1, -0.05) is 30.3 Å². The van der Waals surface area contributed by atoms with Crippen molar-refractivity contribution in [3.05, 3.63) is 59.7 Å². The molecule has 2 N–H and O–H groups in total. The molecular weight excluding hydrogens is 314 g/mol. The van der Waals surface area contributed by atoms with Crippen molar-refractivity contribution in [1.82, 2.24) is 5.32 Å². The van der Waals surface area contributed by atoms with Crippen molar-refractivity contribution in [2.75, 3.05) is 16.8 Å². The van der Waals surface area contributed by atoms with Crippen LogP contribution in [0.25, 0.3) is 0 Å². The summed E-state index contributed by atoms with van der Waals surface area (Å²) in [5.74, 6) is -0.101. The third-order valence-corrected chi connectivity index (χ3v) is 4.93. The highest BCUT2D eigenvalue weighted by Crippen LogP contribution is 2.36. The molecule has 1 fully saturated rings. The molecule has 1 saturated heterocycles. The molecule has 5 heteroatoms. The molecule has 4 rings (SSSR count). The third kappa shape index (κ3) is 3.09. The van der Waals surface area contributed by atoms with Gasteiger partial charge in [-0.2, -0.15) is 0 Å². The van der Waals surface area contributed by atoms with Crippen LogP contribution in [0.15, 0.2) is 48.5 Å². The Bertz CT molecular complexity index is 804.